The van der Waals surface area contributed by atoms with Crippen LogP contribution < -0.4 is 9.44 Å². The van der Waals surface area contributed by atoms with Gasteiger partial charge in [-0.2, -0.15) is 0 Å². The number of aryl methyl sites for hydroxylation is 1. The molecule has 0 heterocycles. The second-order valence-corrected chi connectivity index (χ2v) is 9.40. The molecule has 2 rings (SSSR count). The molecule has 0 spiro atoms. The fourth-order valence-electron chi connectivity index (χ4n) is 1.91. The van der Waals surface area contributed by atoms with E-state index in [0.717, 1.165) is 5.56 Å². The first kappa shape index (κ1) is 19.1. The molecule has 24 heavy (non-hydrogen) atoms. The van der Waals surface area contributed by atoms with E-state index in [2.05, 4.69) is 25.4 Å². The molecule has 0 aromatic heterocycles. The zero-order chi connectivity index (χ0) is 17.8. The molecular formula is C15H17BrN2O4S2. The zero-order valence-corrected chi connectivity index (χ0v) is 16.1. The lowest BCUT2D eigenvalue weighted by molar-refractivity contribution is 0.570. The van der Waals surface area contributed by atoms with Crippen LogP contribution in [0.15, 0.2) is 62.8 Å². The fourth-order valence-corrected chi connectivity index (χ4v) is 4.98. The summed E-state index contributed by atoms with van der Waals surface area (Å²) in [5.74, 6) is 0. The van der Waals surface area contributed by atoms with Gasteiger partial charge in [0.05, 0.1) is 9.79 Å². The van der Waals surface area contributed by atoms with Crippen molar-refractivity contribution in [3.05, 3.63) is 58.6 Å². The topological polar surface area (TPSA) is 92.3 Å². The minimum Gasteiger partial charge on any atom is -0.210 e. The molecule has 0 radical (unpaired) electrons. The van der Waals surface area contributed by atoms with E-state index < -0.39 is 20.0 Å². The van der Waals surface area contributed by atoms with Gasteiger partial charge in [0, 0.05) is 17.6 Å². The third-order valence-electron chi connectivity index (χ3n) is 3.17. The predicted molar refractivity (Wildman–Crippen MR) is 95.7 cm³/mol. The van der Waals surface area contributed by atoms with Crippen molar-refractivity contribution in [2.45, 2.75) is 16.7 Å². The smallest absolute Gasteiger partial charge is 0.210 e. The van der Waals surface area contributed by atoms with Crippen molar-refractivity contribution >= 4 is 36.0 Å². The minimum absolute atomic E-state index is 0.0557. The Morgan fingerprint density at radius 3 is 1.96 bits per heavy atom. The van der Waals surface area contributed by atoms with Crippen LogP contribution in [0.4, 0.5) is 0 Å². The van der Waals surface area contributed by atoms with E-state index in [-0.39, 0.29) is 22.9 Å². The van der Waals surface area contributed by atoms with Gasteiger partial charge in [-0.3, -0.25) is 0 Å². The van der Waals surface area contributed by atoms with Crippen LogP contribution in [0.3, 0.4) is 0 Å². The maximum absolute atomic E-state index is 12.2. The molecule has 2 N–H and O–H groups in total. The molecule has 0 aliphatic rings. The third kappa shape index (κ3) is 4.87. The summed E-state index contributed by atoms with van der Waals surface area (Å²) in [4.78, 5) is 0.244. The lowest BCUT2D eigenvalue weighted by atomic mass is 10.2. The molecule has 9 heteroatoms. The average Bonchev–Trinajstić information content (AvgIpc) is 2.52. The molecule has 130 valence electrons. The number of sulfonamides is 2. The van der Waals surface area contributed by atoms with Crippen LogP contribution in [-0.4, -0.2) is 29.9 Å². The van der Waals surface area contributed by atoms with E-state index in [4.69, 9.17) is 0 Å². The van der Waals surface area contributed by atoms with Crippen LogP contribution in [0.1, 0.15) is 5.56 Å². The van der Waals surface area contributed by atoms with Crippen molar-refractivity contribution in [2.75, 3.05) is 13.1 Å². The summed E-state index contributed by atoms with van der Waals surface area (Å²) < 4.78 is 53.7. The normalized spacial score (nSPS) is 12.2. The van der Waals surface area contributed by atoms with Crippen LogP contribution in [0.2, 0.25) is 0 Å². The first-order valence-corrected chi connectivity index (χ1v) is 10.8. The molecule has 6 nitrogen and oxygen atoms in total. The Hall–Kier alpha value is -1.26. The number of nitrogens with one attached hydrogen (secondary N) is 2. The van der Waals surface area contributed by atoms with Gasteiger partial charge in [0.25, 0.3) is 0 Å². The Labute approximate surface area is 150 Å². The highest BCUT2D eigenvalue weighted by Crippen LogP contribution is 2.20. The Balaban J connectivity index is 1.95. The first-order valence-electron chi connectivity index (χ1n) is 7.03. The van der Waals surface area contributed by atoms with E-state index >= 15 is 0 Å². The van der Waals surface area contributed by atoms with Gasteiger partial charge in [0.2, 0.25) is 20.0 Å². The lowest BCUT2D eigenvalue weighted by Crippen LogP contribution is -2.34. The summed E-state index contributed by atoms with van der Waals surface area (Å²) >= 11 is 3.18. The molecule has 2 aromatic carbocycles. The molecule has 0 aliphatic carbocycles. The monoisotopic (exact) mass is 432 g/mol. The van der Waals surface area contributed by atoms with E-state index in [1.54, 1.807) is 30.3 Å². The summed E-state index contributed by atoms with van der Waals surface area (Å²) in [6.45, 7) is 1.75. The summed E-state index contributed by atoms with van der Waals surface area (Å²) in [6, 6.07) is 12.8. The van der Waals surface area contributed by atoms with Gasteiger partial charge in [-0.1, -0.05) is 29.8 Å². The van der Waals surface area contributed by atoms with Crippen LogP contribution in [0, 0.1) is 6.92 Å². The third-order valence-corrected chi connectivity index (χ3v) is 7.12. The van der Waals surface area contributed by atoms with Gasteiger partial charge in [-0.15, -0.1) is 0 Å². The minimum atomic E-state index is -3.71. The molecule has 0 bridgehead atoms. The Bertz CT molecular complexity index is 911. The van der Waals surface area contributed by atoms with Gasteiger partial charge in [0.1, 0.15) is 0 Å². The second kappa shape index (κ2) is 7.75. The number of hydrogen-bond acceptors (Lipinski definition) is 4. The highest BCUT2D eigenvalue weighted by Gasteiger charge is 2.17. The van der Waals surface area contributed by atoms with Gasteiger partial charge < -0.3 is 0 Å². The van der Waals surface area contributed by atoms with Crippen LogP contribution in [0.5, 0.6) is 0 Å². The van der Waals surface area contributed by atoms with Gasteiger partial charge >= 0.3 is 0 Å². The highest BCUT2D eigenvalue weighted by atomic mass is 79.9. The van der Waals surface area contributed by atoms with E-state index in [9.17, 15) is 16.8 Å². The fraction of sp³-hybridized carbons (Fsp3) is 0.200. The molecule has 2 aromatic rings. The van der Waals surface area contributed by atoms with Crippen LogP contribution in [-0.2, 0) is 20.0 Å². The van der Waals surface area contributed by atoms with Crippen molar-refractivity contribution in [1.82, 2.24) is 9.44 Å². The number of benzene rings is 2. The van der Waals surface area contributed by atoms with E-state index in [1.165, 1.54) is 18.2 Å². The standard InChI is InChI=1S/C15H17BrN2O4S2/c1-12-6-8-13(9-7-12)23(19,20)17-10-11-18-24(21,22)15-5-3-2-4-14(15)16/h2-9,17-18H,10-11H2,1H3. The van der Waals surface area contributed by atoms with Crippen molar-refractivity contribution in [3.8, 4) is 0 Å². The zero-order valence-electron chi connectivity index (χ0n) is 12.9. The van der Waals surface area contributed by atoms with Crippen molar-refractivity contribution in [1.29, 1.82) is 0 Å². The first-order chi connectivity index (χ1) is 11.2. The lowest BCUT2D eigenvalue weighted by Gasteiger charge is -2.10. The Morgan fingerprint density at radius 2 is 1.38 bits per heavy atom. The molecule has 0 saturated carbocycles. The molecule has 0 aliphatic heterocycles. The second-order valence-electron chi connectivity index (χ2n) is 5.04. The van der Waals surface area contributed by atoms with Gasteiger partial charge in [-0.05, 0) is 47.1 Å². The van der Waals surface area contributed by atoms with Crippen LogP contribution in [0.25, 0.3) is 0 Å². The summed E-state index contributed by atoms with van der Waals surface area (Å²) in [5.41, 5.74) is 0.954. The number of hydrogen-bond donors (Lipinski definition) is 2. The Morgan fingerprint density at radius 1 is 0.833 bits per heavy atom. The van der Waals surface area contributed by atoms with E-state index in [0.29, 0.717) is 4.47 Å². The molecular weight excluding hydrogens is 416 g/mol. The summed E-state index contributed by atoms with van der Waals surface area (Å²) in [5, 5.41) is 0. The maximum Gasteiger partial charge on any atom is 0.241 e. The molecule has 0 amide bonds. The van der Waals surface area contributed by atoms with Crippen molar-refractivity contribution in [2.24, 2.45) is 0 Å². The molecule has 0 atom stereocenters. The summed E-state index contributed by atoms with van der Waals surface area (Å²) in [7, 11) is -7.37. The van der Waals surface area contributed by atoms with Crippen LogP contribution >= 0.6 is 15.9 Å². The largest absolute Gasteiger partial charge is 0.241 e. The quantitative estimate of drug-likeness (QED) is 0.654. The number of halogens is 1. The van der Waals surface area contributed by atoms with Gasteiger partial charge in [0.15, 0.2) is 0 Å². The number of rotatable bonds is 7. The van der Waals surface area contributed by atoms with E-state index in [1.807, 2.05) is 6.92 Å². The summed E-state index contributed by atoms with van der Waals surface area (Å²) in [6.07, 6.45) is 0. The molecule has 0 saturated heterocycles. The van der Waals surface area contributed by atoms with Gasteiger partial charge in [-0.25, -0.2) is 26.3 Å². The molecule has 0 fully saturated rings. The van der Waals surface area contributed by atoms with Crippen molar-refractivity contribution in [3.63, 3.8) is 0 Å². The molecule has 0 unspecified atom stereocenters. The predicted octanol–water partition coefficient (Wildman–Crippen LogP) is 2.01. The van der Waals surface area contributed by atoms with Crippen molar-refractivity contribution < 1.29 is 16.8 Å². The maximum atomic E-state index is 12.2. The SMILES string of the molecule is Cc1ccc(S(=O)(=O)NCCNS(=O)(=O)c2ccccc2Br)cc1. The average molecular weight is 433 g/mol. The Kier molecular flexibility index (Phi) is 6.16. The highest BCUT2D eigenvalue weighted by molar-refractivity contribution is 9.10.